The Morgan fingerprint density at radius 2 is 2.62 bits per heavy atom. The smallest absolute Gasteiger partial charge is 0.188 e. The molecule has 0 saturated carbocycles. The molecular weight excluding hydrogens is 170 g/mol. The fourth-order valence-corrected chi connectivity index (χ4v) is 1.39. The van der Waals surface area contributed by atoms with Crippen molar-refractivity contribution in [3.63, 3.8) is 0 Å². The summed E-state index contributed by atoms with van der Waals surface area (Å²) in [6, 6.07) is 0.437. The maximum atomic E-state index is 5.33. The zero-order chi connectivity index (χ0) is 8.93. The first-order valence-electron chi connectivity index (χ1n) is 4.48. The van der Waals surface area contributed by atoms with Crippen molar-refractivity contribution in [2.75, 3.05) is 13.2 Å². The van der Waals surface area contributed by atoms with Gasteiger partial charge in [-0.3, -0.25) is 0 Å². The monoisotopic (exact) mass is 183 g/mol. The van der Waals surface area contributed by atoms with Crippen molar-refractivity contribution < 1.29 is 4.74 Å². The Morgan fingerprint density at radius 3 is 3.31 bits per heavy atom. The van der Waals surface area contributed by atoms with Crippen LogP contribution >= 0.6 is 0 Å². The number of H-pyrrole nitrogens is 1. The number of nitrogens with zero attached hydrogens (tertiary/aromatic N) is 3. The summed E-state index contributed by atoms with van der Waals surface area (Å²) in [5, 5.41) is 16.9. The van der Waals surface area contributed by atoms with E-state index in [0.29, 0.717) is 18.4 Å². The molecule has 2 N–H and O–H groups in total. The van der Waals surface area contributed by atoms with E-state index in [9.17, 15) is 0 Å². The maximum Gasteiger partial charge on any atom is 0.188 e. The van der Waals surface area contributed by atoms with Gasteiger partial charge in [0.05, 0.1) is 13.2 Å². The molecule has 1 fully saturated rings. The molecule has 1 aromatic rings. The van der Waals surface area contributed by atoms with Gasteiger partial charge in [-0.1, -0.05) is 5.21 Å². The summed E-state index contributed by atoms with van der Waals surface area (Å²) in [5.41, 5.74) is 0. The summed E-state index contributed by atoms with van der Waals surface area (Å²) in [5.74, 6) is 0.700. The van der Waals surface area contributed by atoms with Crippen molar-refractivity contribution in [2.45, 2.75) is 25.4 Å². The molecule has 0 radical (unpaired) electrons. The normalized spacial score (nSPS) is 23.2. The summed E-state index contributed by atoms with van der Waals surface area (Å²) in [7, 11) is 0. The van der Waals surface area contributed by atoms with Gasteiger partial charge < -0.3 is 10.1 Å². The molecule has 1 atom stereocenters. The molecule has 1 aromatic heterocycles. The van der Waals surface area contributed by atoms with Crippen LogP contribution in [0, 0.1) is 0 Å². The lowest BCUT2D eigenvalue weighted by atomic mass is 10.1. The van der Waals surface area contributed by atoms with Gasteiger partial charge in [-0.2, -0.15) is 5.21 Å². The molecule has 1 saturated heterocycles. The lowest BCUT2D eigenvalue weighted by Crippen LogP contribution is -2.36. The van der Waals surface area contributed by atoms with Crippen LogP contribution in [0.15, 0.2) is 0 Å². The third-order valence-corrected chi connectivity index (χ3v) is 2.10. The Hall–Kier alpha value is -1.01. The highest BCUT2D eigenvalue weighted by molar-refractivity contribution is 4.78. The Kier molecular flexibility index (Phi) is 2.83. The minimum Gasteiger partial charge on any atom is -0.380 e. The van der Waals surface area contributed by atoms with Crippen LogP contribution in [-0.4, -0.2) is 39.9 Å². The Balaban J connectivity index is 1.72. The number of aromatic amines is 1. The highest BCUT2D eigenvalue weighted by Gasteiger charge is 2.13. The van der Waals surface area contributed by atoms with Crippen LogP contribution in [-0.2, 0) is 11.3 Å². The van der Waals surface area contributed by atoms with Gasteiger partial charge in [-0.25, -0.2) is 0 Å². The van der Waals surface area contributed by atoms with Crippen molar-refractivity contribution in [3.8, 4) is 0 Å². The molecule has 1 unspecified atom stereocenters. The topological polar surface area (TPSA) is 75.7 Å². The molecule has 6 heteroatoms. The number of hydrogen-bond donors (Lipinski definition) is 2. The average molecular weight is 183 g/mol. The van der Waals surface area contributed by atoms with Crippen LogP contribution in [0.25, 0.3) is 0 Å². The van der Waals surface area contributed by atoms with Crippen molar-refractivity contribution in [1.82, 2.24) is 25.9 Å². The molecule has 0 spiro atoms. The quantitative estimate of drug-likeness (QED) is 0.658. The van der Waals surface area contributed by atoms with Gasteiger partial charge in [-0.05, 0) is 12.8 Å². The minimum absolute atomic E-state index is 0.437. The van der Waals surface area contributed by atoms with E-state index in [1.165, 1.54) is 0 Å². The van der Waals surface area contributed by atoms with Gasteiger partial charge in [0, 0.05) is 12.6 Å². The van der Waals surface area contributed by atoms with Gasteiger partial charge in [0.25, 0.3) is 0 Å². The van der Waals surface area contributed by atoms with E-state index in [1.54, 1.807) is 0 Å². The largest absolute Gasteiger partial charge is 0.380 e. The van der Waals surface area contributed by atoms with Crippen molar-refractivity contribution >= 4 is 0 Å². The number of nitrogens with one attached hydrogen (secondary N) is 2. The Morgan fingerprint density at radius 1 is 1.62 bits per heavy atom. The van der Waals surface area contributed by atoms with E-state index < -0.39 is 0 Å². The molecule has 0 aliphatic carbocycles. The second-order valence-electron chi connectivity index (χ2n) is 3.12. The molecule has 2 heterocycles. The molecule has 13 heavy (non-hydrogen) atoms. The van der Waals surface area contributed by atoms with E-state index in [2.05, 4.69) is 25.9 Å². The molecular formula is C7H13N5O. The molecule has 6 nitrogen and oxygen atoms in total. The van der Waals surface area contributed by atoms with E-state index in [0.717, 1.165) is 26.1 Å². The predicted molar refractivity (Wildman–Crippen MR) is 44.9 cm³/mol. The van der Waals surface area contributed by atoms with Crippen LogP contribution in [0.2, 0.25) is 0 Å². The highest BCUT2D eigenvalue weighted by Crippen LogP contribution is 2.05. The van der Waals surface area contributed by atoms with Crippen molar-refractivity contribution in [2.24, 2.45) is 0 Å². The third-order valence-electron chi connectivity index (χ3n) is 2.10. The number of aromatic nitrogens is 4. The number of ether oxygens (including phenoxy) is 1. The summed E-state index contributed by atoms with van der Waals surface area (Å²) in [4.78, 5) is 0. The lowest BCUT2D eigenvalue weighted by Gasteiger charge is -2.22. The van der Waals surface area contributed by atoms with E-state index in [1.807, 2.05) is 0 Å². The fourth-order valence-electron chi connectivity index (χ4n) is 1.39. The predicted octanol–water partition coefficient (Wildman–Crippen LogP) is -0.532. The van der Waals surface area contributed by atoms with E-state index in [4.69, 9.17) is 4.74 Å². The van der Waals surface area contributed by atoms with Gasteiger partial charge >= 0.3 is 0 Å². The lowest BCUT2D eigenvalue weighted by molar-refractivity contribution is 0.0697. The van der Waals surface area contributed by atoms with Crippen LogP contribution in [0.5, 0.6) is 0 Å². The summed E-state index contributed by atoms with van der Waals surface area (Å²) < 4.78 is 5.33. The second kappa shape index (κ2) is 4.29. The number of hydrogen-bond acceptors (Lipinski definition) is 5. The summed E-state index contributed by atoms with van der Waals surface area (Å²) in [6.45, 7) is 2.34. The third kappa shape index (κ3) is 2.46. The second-order valence-corrected chi connectivity index (χ2v) is 3.12. The SMILES string of the molecule is C1COCC(NCc2nn[nH]n2)C1. The zero-order valence-corrected chi connectivity index (χ0v) is 7.36. The van der Waals surface area contributed by atoms with Gasteiger partial charge in [0.15, 0.2) is 5.82 Å². The highest BCUT2D eigenvalue weighted by atomic mass is 16.5. The van der Waals surface area contributed by atoms with Crippen LogP contribution in [0.4, 0.5) is 0 Å². The van der Waals surface area contributed by atoms with E-state index in [-0.39, 0.29) is 0 Å². The summed E-state index contributed by atoms with van der Waals surface area (Å²) in [6.07, 6.45) is 2.29. The molecule has 2 rings (SSSR count). The van der Waals surface area contributed by atoms with Gasteiger partial charge in [0.2, 0.25) is 0 Å². The average Bonchev–Trinajstić information content (AvgIpc) is 2.69. The van der Waals surface area contributed by atoms with Crippen molar-refractivity contribution in [1.29, 1.82) is 0 Å². The minimum atomic E-state index is 0.437. The number of tetrazole rings is 1. The zero-order valence-electron chi connectivity index (χ0n) is 7.36. The Bertz CT molecular complexity index is 231. The standard InChI is InChI=1S/C7H13N5O/c1-2-6(5-13-3-1)8-4-7-9-11-12-10-7/h6,8H,1-5H2,(H,9,10,11,12). The van der Waals surface area contributed by atoms with Crippen LogP contribution < -0.4 is 5.32 Å². The maximum absolute atomic E-state index is 5.33. The Labute approximate surface area is 76.1 Å². The van der Waals surface area contributed by atoms with Gasteiger partial charge in [-0.15, -0.1) is 10.2 Å². The first kappa shape index (κ1) is 8.58. The first-order chi connectivity index (χ1) is 6.45. The molecule has 1 aliphatic rings. The number of rotatable bonds is 3. The molecule has 1 aliphatic heterocycles. The summed E-state index contributed by atoms with van der Waals surface area (Å²) >= 11 is 0. The molecule has 0 aromatic carbocycles. The molecule has 72 valence electrons. The fraction of sp³-hybridized carbons (Fsp3) is 0.857. The molecule has 0 amide bonds. The van der Waals surface area contributed by atoms with Crippen LogP contribution in [0.3, 0.4) is 0 Å². The first-order valence-corrected chi connectivity index (χ1v) is 4.48. The van der Waals surface area contributed by atoms with Gasteiger partial charge in [0.1, 0.15) is 0 Å². The van der Waals surface area contributed by atoms with E-state index >= 15 is 0 Å². The molecule has 0 bridgehead atoms. The van der Waals surface area contributed by atoms with Crippen LogP contribution in [0.1, 0.15) is 18.7 Å². The van der Waals surface area contributed by atoms with Crippen molar-refractivity contribution in [3.05, 3.63) is 5.82 Å².